The number of fused-ring (bicyclic) bond motifs is 1. The Kier molecular flexibility index (Phi) is 4.42. The summed E-state index contributed by atoms with van der Waals surface area (Å²) in [4.78, 5) is 30.6. The molecule has 0 radical (unpaired) electrons. The number of nitrogens with zero attached hydrogens (tertiary/aromatic N) is 1. The van der Waals surface area contributed by atoms with Crippen molar-refractivity contribution in [2.24, 2.45) is 0 Å². The van der Waals surface area contributed by atoms with Crippen molar-refractivity contribution in [2.75, 3.05) is 31.5 Å². The van der Waals surface area contributed by atoms with E-state index in [-0.39, 0.29) is 11.8 Å². The molecule has 2 aromatic rings. The molecule has 130 valence electrons. The van der Waals surface area contributed by atoms with Crippen molar-refractivity contribution in [1.29, 1.82) is 0 Å². The second kappa shape index (κ2) is 6.85. The second-order valence-corrected chi connectivity index (χ2v) is 7.35. The van der Waals surface area contributed by atoms with Crippen LogP contribution in [0.25, 0.3) is 11.6 Å². The first kappa shape index (κ1) is 16.1. The van der Waals surface area contributed by atoms with Gasteiger partial charge in [0.05, 0.1) is 10.5 Å². The van der Waals surface area contributed by atoms with Crippen LogP contribution in [0.5, 0.6) is 0 Å². The number of likely N-dealkylation sites (tertiary alicyclic amines) is 1. The minimum Gasteiger partial charge on any atom is -0.362 e. The predicted octanol–water partition coefficient (Wildman–Crippen LogP) is 2.39. The maximum atomic E-state index is 12.4. The molecule has 0 spiro atoms. The summed E-state index contributed by atoms with van der Waals surface area (Å²) in [7, 11) is 0. The molecule has 4 heterocycles. The van der Waals surface area contributed by atoms with Gasteiger partial charge in [-0.25, -0.2) is 0 Å². The number of anilines is 1. The Labute approximate surface area is 149 Å². The lowest BCUT2D eigenvalue weighted by Crippen LogP contribution is -2.33. The van der Waals surface area contributed by atoms with E-state index >= 15 is 0 Å². The summed E-state index contributed by atoms with van der Waals surface area (Å²) in [5.74, 6) is -0.205. The molecular formula is C18H20N4O2S. The molecule has 4 rings (SSSR count). The van der Waals surface area contributed by atoms with Gasteiger partial charge in [-0.2, -0.15) is 0 Å². The molecule has 2 aliphatic heterocycles. The number of carbonyl (C=O) groups is 2. The first-order valence-corrected chi connectivity index (χ1v) is 9.33. The normalized spacial score (nSPS) is 18.6. The van der Waals surface area contributed by atoms with Gasteiger partial charge < -0.3 is 20.5 Å². The third-order valence-corrected chi connectivity index (χ3v) is 5.60. The molecule has 2 aliphatic rings. The quantitative estimate of drug-likeness (QED) is 0.720. The molecule has 1 fully saturated rings. The van der Waals surface area contributed by atoms with Crippen LogP contribution in [0.3, 0.4) is 0 Å². The van der Waals surface area contributed by atoms with Crippen LogP contribution < -0.4 is 10.6 Å². The summed E-state index contributed by atoms with van der Waals surface area (Å²) in [6, 6.07) is 5.58. The van der Waals surface area contributed by atoms with E-state index in [2.05, 4.69) is 20.5 Å². The molecule has 7 heteroatoms. The summed E-state index contributed by atoms with van der Waals surface area (Å²) in [6.45, 7) is 3.80. The highest BCUT2D eigenvalue weighted by Gasteiger charge is 2.28. The fraction of sp³-hybridized carbons (Fsp3) is 0.333. The Morgan fingerprint density at radius 3 is 2.96 bits per heavy atom. The van der Waals surface area contributed by atoms with E-state index in [1.165, 1.54) is 24.2 Å². The zero-order chi connectivity index (χ0) is 17.2. The Bertz CT molecular complexity index is 816. The first-order chi connectivity index (χ1) is 12.2. The number of nitrogens with one attached hydrogen (secondary N) is 3. The van der Waals surface area contributed by atoms with Crippen LogP contribution in [0.15, 0.2) is 24.4 Å². The van der Waals surface area contributed by atoms with Gasteiger partial charge in [-0.15, -0.1) is 11.3 Å². The molecule has 25 heavy (non-hydrogen) atoms. The van der Waals surface area contributed by atoms with Gasteiger partial charge in [-0.3, -0.25) is 9.59 Å². The summed E-state index contributed by atoms with van der Waals surface area (Å²) >= 11 is 1.32. The molecule has 0 bridgehead atoms. The van der Waals surface area contributed by atoms with E-state index in [0.29, 0.717) is 17.0 Å². The van der Waals surface area contributed by atoms with Crippen LogP contribution in [0.1, 0.15) is 33.8 Å². The third-order valence-electron chi connectivity index (χ3n) is 4.55. The summed E-state index contributed by atoms with van der Waals surface area (Å²) in [5.41, 5.74) is 2.25. The molecule has 6 nitrogen and oxygen atoms in total. The highest BCUT2D eigenvalue weighted by molar-refractivity contribution is 7.18. The number of thiophene rings is 1. The zero-order valence-corrected chi connectivity index (χ0v) is 14.6. The number of aromatic nitrogens is 1. The van der Waals surface area contributed by atoms with Gasteiger partial charge in [0.2, 0.25) is 0 Å². The van der Waals surface area contributed by atoms with Crippen LogP contribution in [-0.2, 0) is 4.79 Å². The van der Waals surface area contributed by atoms with Crippen molar-refractivity contribution < 1.29 is 9.59 Å². The number of rotatable bonds is 5. The first-order valence-electron chi connectivity index (χ1n) is 8.52. The largest absolute Gasteiger partial charge is 0.362 e. The maximum Gasteiger partial charge on any atom is 0.261 e. The molecule has 2 aromatic heterocycles. The van der Waals surface area contributed by atoms with Crippen molar-refractivity contribution >= 4 is 39.8 Å². The van der Waals surface area contributed by atoms with Gasteiger partial charge in [0.25, 0.3) is 11.8 Å². The lowest BCUT2D eigenvalue weighted by atomic mass is 10.1. The van der Waals surface area contributed by atoms with Crippen molar-refractivity contribution in [1.82, 2.24) is 15.2 Å². The van der Waals surface area contributed by atoms with E-state index in [0.717, 1.165) is 35.9 Å². The Morgan fingerprint density at radius 1 is 1.36 bits per heavy atom. The topological polar surface area (TPSA) is 77.2 Å². The molecule has 0 aliphatic carbocycles. The number of amides is 2. The molecule has 2 amide bonds. The van der Waals surface area contributed by atoms with Crippen LogP contribution in [0, 0.1) is 0 Å². The highest BCUT2D eigenvalue weighted by Crippen LogP contribution is 2.39. The summed E-state index contributed by atoms with van der Waals surface area (Å²) in [5, 5.41) is 6.57. The molecule has 3 N–H and O–H groups in total. The third kappa shape index (κ3) is 3.38. The van der Waals surface area contributed by atoms with Gasteiger partial charge in [0, 0.05) is 30.5 Å². The molecule has 0 saturated carbocycles. The van der Waals surface area contributed by atoms with Gasteiger partial charge in [-0.05, 0) is 50.2 Å². The molecular weight excluding hydrogens is 336 g/mol. The molecule has 0 aromatic carbocycles. The van der Waals surface area contributed by atoms with Gasteiger partial charge in [0.1, 0.15) is 5.00 Å². The number of carbonyl (C=O) groups excluding carboxylic acids is 2. The maximum absolute atomic E-state index is 12.4. The van der Waals surface area contributed by atoms with E-state index in [1.807, 2.05) is 24.4 Å². The van der Waals surface area contributed by atoms with E-state index in [4.69, 9.17) is 0 Å². The Balaban J connectivity index is 1.44. The minimum absolute atomic E-state index is 0.0768. The van der Waals surface area contributed by atoms with E-state index in [1.54, 1.807) is 6.07 Å². The van der Waals surface area contributed by atoms with Gasteiger partial charge in [0.15, 0.2) is 0 Å². The highest BCUT2D eigenvalue weighted by atomic mass is 32.1. The Morgan fingerprint density at radius 2 is 2.20 bits per heavy atom. The summed E-state index contributed by atoms with van der Waals surface area (Å²) in [6.07, 6.45) is 6.12. The SMILES string of the molecule is O=C1Nc2sc(C(=O)NCCN3CCCC3)cc2C1=Cc1ccc[nH]1. The van der Waals surface area contributed by atoms with Crippen LogP contribution in [-0.4, -0.2) is 47.9 Å². The molecule has 1 saturated heterocycles. The van der Waals surface area contributed by atoms with Crippen LogP contribution in [0.2, 0.25) is 0 Å². The predicted molar refractivity (Wildman–Crippen MR) is 99.6 cm³/mol. The molecule has 0 unspecified atom stereocenters. The van der Waals surface area contributed by atoms with Crippen molar-refractivity contribution in [3.05, 3.63) is 40.5 Å². The van der Waals surface area contributed by atoms with Crippen LogP contribution >= 0.6 is 11.3 Å². The molecule has 0 atom stereocenters. The Hall–Kier alpha value is -2.38. The van der Waals surface area contributed by atoms with Gasteiger partial charge >= 0.3 is 0 Å². The van der Waals surface area contributed by atoms with E-state index in [9.17, 15) is 9.59 Å². The second-order valence-electron chi connectivity index (χ2n) is 6.30. The minimum atomic E-state index is -0.128. The lowest BCUT2D eigenvalue weighted by Gasteiger charge is -2.14. The average Bonchev–Trinajstić information content (AvgIpc) is 3.36. The van der Waals surface area contributed by atoms with Crippen molar-refractivity contribution in [3.63, 3.8) is 0 Å². The van der Waals surface area contributed by atoms with Crippen LogP contribution in [0.4, 0.5) is 5.00 Å². The smallest absolute Gasteiger partial charge is 0.261 e. The number of aromatic amines is 1. The number of hydrogen-bond donors (Lipinski definition) is 3. The average molecular weight is 356 g/mol. The monoisotopic (exact) mass is 356 g/mol. The number of hydrogen-bond acceptors (Lipinski definition) is 4. The fourth-order valence-electron chi connectivity index (χ4n) is 3.24. The zero-order valence-electron chi connectivity index (χ0n) is 13.8. The van der Waals surface area contributed by atoms with Crippen molar-refractivity contribution in [2.45, 2.75) is 12.8 Å². The lowest BCUT2D eigenvalue weighted by molar-refractivity contribution is -0.110. The van der Waals surface area contributed by atoms with Crippen molar-refractivity contribution in [3.8, 4) is 0 Å². The summed E-state index contributed by atoms with van der Waals surface area (Å²) < 4.78 is 0. The van der Waals surface area contributed by atoms with E-state index < -0.39 is 0 Å². The fourth-order valence-corrected chi connectivity index (χ4v) is 4.23. The van der Waals surface area contributed by atoms with Gasteiger partial charge in [-0.1, -0.05) is 0 Å². The standard InChI is InChI=1S/C18H20N4O2S/c23-16-13(10-12-4-3-5-19-12)14-11-15(25-18(14)21-16)17(24)20-6-9-22-7-1-2-8-22/h3-5,10-11,19H,1-2,6-9H2,(H,20,24)(H,21,23). The number of H-pyrrole nitrogens is 1.